The molecule has 1 N–H and O–H groups in total. The summed E-state index contributed by atoms with van der Waals surface area (Å²) in [6.07, 6.45) is 4.98. The Morgan fingerprint density at radius 2 is 1.79 bits per heavy atom. The van der Waals surface area contributed by atoms with Gasteiger partial charge in [0.2, 0.25) is 5.91 Å². The van der Waals surface area contributed by atoms with E-state index in [1.54, 1.807) is 18.0 Å². The third-order valence-electron chi connectivity index (χ3n) is 5.39. The monoisotopic (exact) mass is 405 g/mol. The zero-order valence-electron chi connectivity index (χ0n) is 16.3. The first-order chi connectivity index (χ1) is 14.2. The van der Waals surface area contributed by atoms with Crippen LogP contribution in [0.15, 0.2) is 65.8 Å². The van der Waals surface area contributed by atoms with Crippen LogP contribution in [0.25, 0.3) is 10.8 Å². The summed E-state index contributed by atoms with van der Waals surface area (Å²) in [5.74, 6) is -0.0507. The first-order valence-electron chi connectivity index (χ1n) is 9.73. The number of anilines is 1. The molecule has 1 aliphatic heterocycles. The van der Waals surface area contributed by atoms with Crippen molar-refractivity contribution >= 4 is 40.0 Å². The maximum absolute atomic E-state index is 13.1. The number of nitrogens with zero attached hydrogens (tertiary/aromatic N) is 2. The minimum atomic E-state index is -0.0909. The number of thioether (sulfide) groups is 1. The van der Waals surface area contributed by atoms with Crippen molar-refractivity contribution in [3.63, 3.8) is 0 Å². The highest BCUT2D eigenvalue weighted by molar-refractivity contribution is 7.98. The molecule has 1 saturated heterocycles. The van der Waals surface area contributed by atoms with Gasteiger partial charge in [0, 0.05) is 24.6 Å². The third kappa shape index (κ3) is 4.27. The fraction of sp³-hybridized carbons (Fsp3) is 0.261. The summed E-state index contributed by atoms with van der Waals surface area (Å²) in [7, 11) is 0. The van der Waals surface area contributed by atoms with Crippen LogP contribution >= 0.6 is 11.8 Å². The molecule has 0 atom stereocenters. The van der Waals surface area contributed by atoms with Crippen molar-refractivity contribution in [2.45, 2.75) is 17.9 Å². The zero-order valence-corrected chi connectivity index (χ0v) is 17.1. The lowest BCUT2D eigenvalue weighted by atomic mass is 9.94. The van der Waals surface area contributed by atoms with E-state index in [1.807, 2.05) is 65.8 Å². The summed E-state index contributed by atoms with van der Waals surface area (Å²) in [5.41, 5.74) is 1.44. The summed E-state index contributed by atoms with van der Waals surface area (Å²) in [4.78, 5) is 31.8. The van der Waals surface area contributed by atoms with Crippen molar-refractivity contribution < 1.29 is 9.59 Å². The van der Waals surface area contributed by atoms with E-state index >= 15 is 0 Å². The molecule has 0 bridgehead atoms. The highest BCUT2D eigenvalue weighted by atomic mass is 32.2. The van der Waals surface area contributed by atoms with E-state index in [9.17, 15) is 9.59 Å². The van der Waals surface area contributed by atoms with Crippen molar-refractivity contribution in [1.82, 2.24) is 9.88 Å². The van der Waals surface area contributed by atoms with E-state index < -0.39 is 0 Å². The molecule has 5 nitrogen and oxygen atoms in total. The van der Waals surface area contributed by atoms with Gasteiger partial charge in [0.25, 0.3) is 5.91 Å². The molecule has 2 heterocycles. The van der Waals surface area contributed by atoms with Crippen molar-refractivity contribution in [2.75, 3.05) is 24.7 Å². The van der Waals surface area contributed by atoms with Gasteiger partial charge in [-0.3, -0.25) is 9.59 Å². The summed E-state index contributed by atoms with van der Waals surface area (Å²) in [6, 6.07) is 17.5. The van der Waals surface area contributed by atoms with Gasteiger partial charge in [-0.05, 0) is 48.1 Å². The maximum atomic E-state index is 13.1. The number of benzene rings is 2. The number of rotatable bonds is 4. The number of piperidine rings is 1. The zero-order chi connectivity index (χ0) is 20.2. The first-order valence-corrected chi connectivity index (χ1v) is 11.0. The Morgan fingerprint density at radius 1 is 1.03 bits per heavy atom. The molecule has 1 aromatic heterocycles. The molecule has 4 rings (SSSR count). The van der Waals surface area contributed by atoms with E-state index in [4.69, 9.17) is 0 Å². The Hall–Kier alpha value is -2.86. The lowest BCUT2D eigenvalue weighted by molar-refractivity contribution is -0.121. The number of aromatic nitrogens is 1. The molecule has 29 heavy (non-hydrogen) atoms. The van der Waals surface area contributed by atoms with Crippen molar-refractivity contribution in [3.8, 4) is 0 Å². The largest absolute Gasteiger partial charge is 0.339 e. The molecule has 0 saturated carbocycles. The molecular formula is C23H23N3O2S. The number of amides is 2. The number of fused-ring (bicyclic) bond motifs is 1. The Kier molecular flexibility index (Phi) is 5.81. The molecule has 0 unspecified atom stereocenters. The van der Waals surface area contributed by atoms with Crippen LogP contribution in [0.2, 0.25) is 0 Å². The highest BCUT2D eigenvalue weighted by Gasteiger charge is 2.28. The smallest absolute Gasteiger partial charge is 0.254 e. The van der Waals surface area contributed by atoms with Crippen LogP contribution in [0.4, 0.5) is 5.69 Å². The lowest BCUT2D eigenvalue weighted by Gasteiger charge is -2.31. The van der Waals surface area contributed by atoms with Gasteiger partial charge in [-0.25, -0.2) is 4.98 Å². The summed E-state index contributed by atoms with van der Waals surface area (Å²) in [5, 5.41) is 5.91. The number of pyridine rings is 1. The molecule has 3 aromatic rings. The van der Waals surface area contributed by atoms with Crippen LogP contribution in [0.5, 0.6) is 0 Å². The molecule has 0 aliphatic carbocycles. The van der Waals surface area contributed by atoms with Crippen LogP contribution in [-0.2, 0) is 4.79 Å². The van der Waals surface area contributed by atoms with Crippen LogP contribution in [0.3, 0.4) is 0 Å². The Bertz CT molecular complexity index is 1020. The Labute approximate surface area is 174 Å². The van der Waals surface area contributed by atoms with Gasteiger partial charge in [0.1, 0.15) is 0 Å². The third-order valence-corrected chi connectivity index (χ3v) is 6.05. The molecule has 2 amide bonds. The number of carbonyl (C=O) groups excluding carboxylic acids is 2. The number of likely N-dealkylation sites (tertiary alicyclic amines) is 1. The minimum Gasteiger partial charge on any atom is -0.339 e. The average Bonchev–Trinajstić information content (AvgIpc) is 2.79. The molecular weight excluding hydrogens is 382 g/mol. The topological polar surface area (TPSA) is 62.3 Å². The predicted molar refractivity (Wildman–Crippen MR) is 117 cm³/mol. The first kappa shape index (κ1) is 19.5. The van der Waals surface area contributed by atoms with Gasteiger partial charge in [0.05, 0.1) is 16.9 Å². The fourth-order valence-corrected chi connectivity index (χ4v) is 4.11. The second-order valence-corrected chi connectivity index (χ2v) is 8.00. The summed E-state index contributed by atoms with van der Waals surface area (Å²) >= 11 is 1.56. The number of hydrogen-bond donors (Lipinski definition) is 1. The standard InChI is InChI=1S/C23H23N3O2S/c1-29-21-10-9-18(15-24-21)25-22(27)17-11-13-26(14-12-17)23(28)20-8-4-6-16-5-2-3-7-19(16)20/h2-10,15,17H,11-14H2,1H3,(H,25,27). The van der Waals surface area contributed by atoms with Crippen molar-refractivity contribution in [2.24, 2.45) is 5.92 Å². The number of nitrogens with one attached hydrogen (secondary N) is 1. The minimum absolute atomic E-state index is 0.000890. The summed E-state index contributed by atoms with van der Waals surface area (Å²) in [6.45, 7) is 1.17. The molecule has 148 valence electrons. The molecule has 1 aliphatic rings. The van der Waals surface area contributed by atoms with Crippen molar-refractivity contribution in [3.05, 3.63) is 66.4 Å². The molecule has 6 heteroatoms. The fourth-order valence-electron chi connectivity index (χ4n) is 3.75. The van der Waals surface area contributed by atoms with E-state index in [1.165, 1.54) is 0 Å². The molecule has 0 radical (unpaired) electrons. The second kappa shape index (κ2) is 8.66. The van der Waals surface area contributed by atoms with Crippen LogP contribution in [0.1, 0.15) is 23.2 Å². The van der Waals surface area contributed by atoms with E-state index in [0.29, 0.717) is 31.6 Å². The summed E-state index contributed by atoms with van der Waals surface area (Å²) < 4.78 is 0. The molecule has 1 fully saturated rings. The van der Waals surface area contributed by atoms with Crippen LogP contribution < -0.4 is 5.32 Å². The second-order valence-electron chi connectivity index (χ2n) is 7.17. The van der Waals surface area contributed by atoms with Gasteiger partial charge < -0.3 is 10.2 Å². The van der Waals surface area contributed by atoms with Gasteiger partial charge in [0.15, 0.2) is 0 Å². The predicted octanol–water partition coefficient (Wildman–Crippen LogP) is 4.45. The van der Waals surface area contributed by atoms with E-state index in [0.717, 1.165) is 21.4 Å². The molecule has 0 spiro atoms. The van der Waals surface area contributed by atoms with E-state index in [-0.39, 0.29) is 17.7 Å². The molecule has 2 aromatic carbocycles. The van der Waals surface area contributed by atoms with Gasteiger partial charge >= 0.3 is 0 Å². The lowest BCUT2D eigenvalue weighted by Crippen LogP contribution is -2.41. The van der Waals surface area contributed by atoms with E-state index in [2.05, 4.69) is 10.3 Å². The number of hydrogen-bond acceptors (Lipinski definition) is 4. The van der Waals surface area contributed by atoms with Crippen LogP contribution in [0, 0.1) is 5.92 Å². The van der Waals surface area contributed by atoms with Gasteiger partial charge in [-0.15, -0.1) is 11.8 Å². The normalized spacial score (nSPS) is 14.7. The average molecular weight is 406 g/mol. The number of carbonyl (C=O) groups is 2. The Morgan fingerprint density at radius 3 is 2.52 bits per heavy atom. The van der Waals surface area contributed by atoms with Crippen molar-refractivity contribution in [1.29, 1.82) is 0 Å². The Balaban J connectivity index is 1.38. The SMILES string of the molecule is CSc1ccc(NC(=O)C2CCN(C(=O)c3cccc4ccccc34)CC2)cn1. The van der Waals surface area contributed by atoms with Gasteiger partial charge in [-0.2, -0.15) is 0 Å². The van der Waals surface area contributed by atoms with Crippen LogP contribution in [-0.4, -0.2) is 41.0 Å². The maximum Gasteiger partial charge on any atom is 0.254 e. The quantitative estimate of drug-likeness (QED) is 0.652. The van der Waals surface area contributed by atoms with Gasteiger partial charge in [-0.1, -0.05) is 36.4 Å². The highest BCUT2D eigenvalue weighted by Crippen LogP contribution is 2.24.